The molecule has 0 unspecified atom stereocenters. The van der Waals surface area contributed by atoms with E-state index in [4.69, 9.17) is 0 Å². The van der Waals surface area contributed by atoms with Crippen LogP contribution in [0.15, 0.2) is 53.5 Å². The molecule has 1 aliphatic rings. The molecule has 1 aliphatic carbocycles. The molecule has 1 amide bonds. The molecule has 34 heavy (non-hydrogen) atoms. The first-order valence-electron chi connectivity index (χ1n) is 11.9. The number of benzene rings is 2. The van der Waals surface area contributed by atoms with Gasteiger partial charge in [0.25, 0.3) is 0 Å². The molecular weight excluding hydrogens is 539 g/mol. The summed E-state index contributed by atoms with van der Waals surface area (Å²) >= 11 is 0. The summed E-state index contributed by atoms with van der Waals surface area (Å²) in [7, 11) is 1.78. The van der Waals surface area contributed by atoms with Crippen molar-refractivity contribution in [2.75, 3.05) is 18.9 Å². The summed E-state index contributed by atoms with van der Waals surface area (Å²) in [4.78, 5) is 21.4. The number of hydrogen-bond donors (Lipinski definition) is 3. The van der Waals surface area contributed by atoms with Crippen LogP contribution in [0, 0.1) is 12.8 Å². The van der Waals surface area contributed by atoms with E-state index in [1.807, 2.05) is 24.3 Å². The zero-order valence-corrected chi connectivity index (χ0v) is 22.3. The fourth-order valence-corrected chi connectivity index (χ4v) is 4.52. The van der Waals surface area contributed by atoms with Gasteiger partial charge in [-0.05, 0) is 56.0 Å². The third-order valence-corrected chi connectivity index (χ3v) is 6.30. The lowest BCUT2D eigenvalue weighted by Crippen LogP contribution is -2.37. The molecule has 1 fully saturated rings. The number of hydrogen-bond acceptors (Lipinski definition) is 3. The minimum Gasteiger partial charge on any atom is -0.356 e. The quantitative estimate of drug-likeness (QED) is 0.156. The fraction of sp³-hybridized carbons (Fsp3) is 0.423. The Labute approximate surface area is 218 Å². The van der Waals surface area contributed by atoms with Crippen molar-refractivity contribution in [3.63, 3.8) is 0 Å². The van der Waals surface area contributed by atoms with Crippen LogP contribution in [0.1, 0.15) is 43.5 Å². The summed E-state index contributed by atoms with van der Waals surface area (Å²) in [5.74, 6) is 2.12. The van der Waals surface area contributed by atoms with Gasteiger partial charge in [-0.15, -0.1) is 24.0 Å². The highest BCUT2D eigenvalue weighted by Crippen LogP contribution is 2.26. The third kappa shape index (κ3) is 6.71. The number of rotatable bonds is 8. The number of aryl methyl sites for hydroxylation is 2. The lowest BCUT2D eigenvalue weighted by molar-refractivity contribution is -0.119. The first-order chi connectivity index (χ1) is 16.1. The minimum absolute atomic E-state index is 0. The number of fused-ring (bicyclic) bond motifs is 1. The molecular formula is C26H35IN6O. The van der Waals surface area contributed by atoms with E-state index in [1.165, 1.54) is 5.52 Å². The molecule has 8 heteroatoms. The molecule has 0 atom stereocenters. The predicted molar refractivity (Wildman–Crippen MR) is 150 cm³/mol. The average Bonchev–Trinajstić information content (AvgIpc) is 3.47. The number of nitrogens with one attached hydrogen (secondary N) is 3. The summed E-state index contributed by atoms with van der Waals surface area (Å²) < 4.78 is 2.26. The summed E-state index contributed by atoms with van der Waals surface area (Å²) in [5, 5.41) is 9.83. The summed E-state index contributed by atoms with van der Waals surface area (Å²) in [6.45, 7) is 4.40. The van der Waals surface area contributed by atoms with E-state index in [2.05, 4.69) is 61.7 Å². The van der Waals surface area contributed by atoms with Crippen LogP contribution in [0.4, 0.5) is 5.69 Å². The molecule has 1 aromatic heterocycles. The standard InChI is InChI=1S/C26H34N6O.HI/c1-19-30-23-13-5-6-14-24(23)32(19)16-8-15-28-26(27-2)29-18-20-9-7-12-22(17-20)31-25(33)21-10-3-4-11-21;/h5-7,9,12-14,17,21H,3-4,8,10-11,15-16,18H2,1-2H3,(H,31,33)(H2,27,28,29);1H. The minimum atomic E-state index is 0. The van der Waals surface area contributed by atoms with Crippen molar-refractivity contribution < 1.29 is 4.79 Å². The summed E-state index contributed by atoms with van der Waals surface area (Å²) in [6.07, 6.45) is 5.29. The molecule has 1 heterocycles. The van der Waals surface area contributed by atoms with Crippen molar-refractivity contribution in [2.24, 2.45) is 10.9 Å². The van der Waals surface area contributed by atoms with Gasteiger partial charge >= 0.3 is 0 Å². The maximum atomic E-state index is 12.4. The van der Waals surface area contributed by atoms with Gasteiger partial charge in [-0.3, -0.25) is 9.79 Å². The molecule has 2 aromatic carbocycles. The Bertz CT molecular complexity index is 1120. The first-order valence-corrected chi connectivity index (χ1v) is 11.9. The number of amides is 1. The first kappa shape index (κ1) is 26.0. The molecule has 7 nitrogen and oxygen atoms in total. The monoisotopic (exact) mass is 574 g/mol. The second kappa shape index (κ2) is 12.7. The molecule has 0 aliphatic heterocycles. The zero-order valence-electron chi connectivity index (χ0n) is 20.0. The third-order valence-electron chi connectivity index (χ3n) is 6.30. The predicted octanol–water partition coefficient (Wildman–Crippen LogP) is 4.85. The highest BCUT2D eigenvalue weighted by atomic mass is 127. The summed E-state index contributed by atoms with van der Waals surface area (Å²) in [5.41, 5.74) is 4.18. The van der Waals surface area contributed by atoms with E-state index in [-0.39, 0.29) is 35.8 Å². The van der Waals surface area contributed by atoms with Crippen molar-refractivity contribution in [1.29, 1.82) is 0 Å². The zero-order chi connectivity index (χ0) is 23.0. The number of imidazole rings is 1. The van der Waals surface area contributed by atoms with Gasteiger partial charge in [0.2, 0.25) is 5.91 Å². The average molecular weight is 575 g/mol. The highest BCUT2D eigenvalue weighted by Gasteiger charge is 2.22. The van der Waals surface area contributed by atoms with E-state index in [1.54, 1.807) is 7.05 Å². The second-order valence-electron chi connectivity index (χ2n) is 8.68. The van der Waals surface area contributed by atoms with Crippen molar-refractivity contribution in [3.8, 4) is 0 Å². The van der Waals surface area contributed by atoms with Gasteiger partial charge in [-0.25, -0.2) is 4.98 Å². The number of aromatic nitrogens is 2. The van der Waals surface area contributed by atoms with E-state index in [0.29, 0.717) is 6.54 Å². The van der Waals surface area contributed by atoms with Gasteiger partial charge in [0.05, 0.1) is 11.0 Å². The molecule has 4 rings (SSSR count). The van der Waals surface area contributed by atoms with Crippen molar-refractivity contribution in [3.05, 3.63) is 59.9 Å². The van der Waals surface area contributed by atoms with Gasteiger partial charge in [0.1, 0.15) is 5.82 Å². The number of aliphatic imine (C=N–C) groups is 1. The van der Waals surface area contributed by atoms with E-state index in [0.717, 1.165) is 73.7 Å². The molecule has 1 saturated carbocycles. The maximum absolute atomic E-state index is 12.4. The molecule has 0 spiro atoms. The SMILES string of the molecule is CN=C(NCCCn1c(C)nc2ccccc21)NCc1cccc(NC(=O)C2CCCC2)c1.I. The molecule has 3 N–H and O–H groups in total. The Morgan fingerprint density at radius 2 is 1.91 bits per heavy atom. The number of carbonyl (C=O) groups is 1. The van der Waals surface area contributed by atoms with Gasteiger partial charge in [0, 0.05) is 38.3 Å². The number of anilines is 1. The lowest BCUT2D eigenvalue weighted by Gasteiger charge is -2.14. The van der Waals surface area contributed by atoms with Gasteiger partial charge in [-0.1, -0.05) is 37.1 Å². The Hall–Kier alpha value is -2.62. The fourth-order valence-electron chi connectivity index (χ4n) is 4.52. The van der Waals surface area contributed by atoms with Crippen LogP contribution in [0.5, 0.6) is 0 Å². The number of halogens is 1. The molecule has 0 saturated heterocycles. The second-order valence-corrected chi connectivity index (χ2v) is 8.68. The van der Waals surface area contributed by atoms with Crippen LogP contribution < -0.4 is 16.0 Å². The van der Waals surface area contributed by atoms with Gasteiger partial charge < -0.3 is 20.5 Å². The van der Waals surface area contributed by atoms with E-state index < -0.39 is 0 Å². The van der Waals surface area contributed by atoms with Crippen LogP contribution in [0.3, 0.4) is 0 Å². The highest BCUT2D eigenvalue weighted by molar-refractivity contribution is 14.0. The van der Waals surface area contributed by atoms with E-state index >= 15 is 0 Å². The van der Waals surface area contributed by atoms with Crippen LogP contribution in [0.25, 0.3) is 11.0 Å². The number of carbonyl (C=O) groups excluding carboxylic acids is 1. The van der Waals surface area contributed by atoms with Crippen molar-refractivity contribution in [2.45, 2.75) is 52.1 Å². The summed E-state index contributed by atoms with van der Waals surface area (Å²) in [6, 6.07) is 16.3. The molecule has 0 radical (unpaired) electrons. The van der Waals surface area contributed by atoms with Gasteiger partial charge in [0.15, 0.2) is 5.96 Å². The van der Waals surface area contributed by atoms with Crippen molar-refractivity contribution >= 4 is 52.6 Å². The largest absolute Gasteiger partial charge is 0.356 e. The van der Waals surface area contributed by atoms with Crippen LogP contribution in [-0.2, 0) is 17.9 Å². The van der Waals surface area contributed by atoms with Crippen molar-refractivity contribution in [1.82, 2.24) is 20.2 Å². The smallest absolute Gasteiger partial charge is 0.227 e. The Morgan fingerprint density at radius 1 is 1.12 bits per heavy atom. The number of guanidine groups is 1. The van der Waals surface area contributed by atoms with Crippen LogP contribution >= 0.6 is 24.0 Å². The van der Waals surface area contributed by atoms with Crippen LogP contribution in [0.2, 0.25) is 0 Å². The van der Waals surface area contributed by atoms with E-state index in [9.17, 15) is 4.79 Å². The van der Waals surface area contributed by atoms with Gasteiger partial charge in [-0.2, -0.15) is 0 Å². The normalized spacial score (nSPS) is 14.1. The Kier molecular flexibility index (Phi) is 9.74. The van der Waals surface area contributed by atoms with Crippen LogP contribution in [-0.4, -0.2) is 35.0 Å². The topological polar surface area (TPSA) is 83.3 Å². The Balaban J connectivity index is 0.00000324. The molecule has 182 valence electrons. The lowest BCUT2D eigenvalue weighted by atomic mass is 10.1. The number of para-hydroxylation sites is 2. The molecule has 3 aromatic rings. The Morgan fingerprint density at radius 3 is 2.71 bits per heavy atom. The maximum Gasteiger partial charge on any atom is 0.227 e. The number of nitrogens with zero attached hydrogens (tertiary/aromatic N) is 3. The molecule has 0 bridgehead atoms.